The fourth-order valence-corrected chi connectivity index (χ4v) is 1.14. The van der Waals surface area contributed by atoms with Crippen LogP contribution < -0.4 is 4.74 Å². The Bertz CT molecular complexity index is 314. The van der Waals surface area contributed by atoms with Gasteiger partial charge in [-0.25, -0.2) is 4.79 Å². The predicted molar refractivity (Wildman–Crippen MR) is 52.1 cm³/mol. The van der Waals surface area contributed by atoms with E-state index in [0.29, 0.717) is 5.02 Å². The summed E-state index contributed by atoms with van der Waals surface area (Å²) in [6.07, 6.45) is 0. The van der Waals surface area contributed by atoms with E-state index in [0.717, 1.165) is 0 Å². The van der Waals surface area contributed by atoms with Crippen molar-refractivity contribution in [1.29, 1.82) is 0 Å². The Morgan fingerprint density at radius 3 is 2.54 bits per heavy atom. The monoisotopic (exact) mass is 210 g/mol. The molecule has 1 rings (SSSR count). The summed E-state index contributed by atoms with van der Waals surface area (Å²) in [5, 5.41) is 8.99. The number of methoxy groups -OCH3 is 1. The van der Waals surface area contributed by atoms with E-state index in [-0.39, 0.29) is 40.9 Å². The van der Waals surface area contributed by atoms with Crippen LogP contribution in [-0.2, 0) is 0 Å². The summed E-state index contributed by atoms with van der Waals surface area (Å²) in [5.41, 5.74) is 0.0741. The number of ether oxygens (including phenoxy) is 1. The first-order valence-electron chi connectivity index (χ1n) is 3.22. The second kappa shape index (κ2) is 5.50. The molecule has 0 saturated carbocycles. The molecule has 1 aromatic carbocycles. The molecular formula is C8H8ClNaO3. The molecule has 66 valence electrons. The van der Waals surface area contributed by atoms with Crippen LogP contribution in [0.25, 0.3) is 0 Å². The second-order valence-corrected chi connectivity index (χ2v) is 2.53. The van der Waals surface area contributed by atoms with Crippen LogP contribution in [0.3, 0.4) is 0 Å². The summed E-state index contributed by atoms with van der Waals surface area (Å²) < 4.78 is 4.82. The molecule has 0 aliphatic rings. The molecule has 0 amide bonds. The standard InChI is InChI=1S/C8H7ClO3.Na.H/c1-12-7-5(8(10)11)3-2-4-6(7)9;;/h2-4H,1H3,(H,10,11);;. The summed E-state index contributed by atoms with van der Waals surface area (Å²) >= 11 is 5.69. The molecule has 0 spiro atoms. The molecule has 1 N–H and O–H groups in total. The summed E-state index contributed by atoms with van der Waals surface area (Å²) in [7, 11) is 1.38. The number of carboxylic acids is 1. The Hall–Kier alpha value is -0.220. The van der Waals surface area contributed by atoms with Gasteiger partial charge in [0.1, 0.15) is 5.56 Å². The van der Waals surface area contributed by atoms with Crippen LogP contribution in [0.4, 0.5) is 0 Å². The first kappa shape index (κ1) is 12.8. The van der Waals surface area contributed by atoms with Crippen molar-refractivity contribution in [1.82, 2.24) is 0 Å². The van der Waals surface area contributed by atoms with Crippen molar-refractivity contribution in [2.75, 3.05) is 7.11 Å². The average Bonchev–Trinajstić information content (AvgIpc) is 2.03. The summed E-state index contributed by atoms with van der Waals surface area (Å²) in [5.74, 6) is -0.846. The third kappa shape index (κ3) is 2.88. The van der Waals surface area contributed by atoms with E-state index in [1.165, 1.54) is 13.2 Å². The molecule has 5 heteroatoms. The maximum atomic E-state index is 10.6. The van der Waals surface area contributed by atoms with E-state index in [1.807, 2.05) is 0 Å². The van der Waals surface area contributed by atoms with Crippen molar-refractivity contribution in [3.05, 3.63) is 28.8 Å². The van der Waals surface area contributed by atoms with Gasteiger partial charge in [0, 0.05) is 0 Å². The van der Waals surface area contributed by atoms with Crippen LogP contribution in [0.2, 0.25) is 5.02 Å². The van der Waals surface area contributed by atoms with Gasteiger partial charge in [-0.05, 0) is 12.1 Å². The van der Waals surface area contributed by atoms with Crippen molar-refractivity contribution in [3.8, 4) is 5.75 Å². The van der Waals surface area contributed by atoms with Crippen molar-refractivity contribution in [2.24, 2.45) is 0 Å². The molecule has 0 fully saturated rings. The second-order valence-electron chi connectivity index (χ2n) is 2.13. The van der Waals surface area contributed by atoms with E-state index < -0.39 is 5.97 Å². The summed E-state index contributed by atoms with van der Waals surface area (Å²) in [4.78, 5) is 10.6. The Kier molecular flexibility index (Phi) is 5.40. The zero-order chi connectivity index (χ0) is 9.14. The number of benzene rings is 1. The van der Waals surface area contributed by atoms with Gasteiger partial charge in [-0.2, -0.15) is 0 Å². The van der Waals surface area contributed by atoms with Gasteiger partial charge in [-0.1, -0.05) is 17.7 Å². The number of aromatic carboxylic acids is 1. The van der Waals surface area contributed by atoms with Gasteiger partial charge in [0.25, 0.3) is 0 Å². The quantitative estimate of drug-likeness (QED) is 0.751. The van der Waals surface area contributed by atoms with Gasteiger partial charge in [0.05, 0.1) is 12.1 Å². The predicted octanol–water partition coefficient (Wildman–Crippen LogP) is 1.40. The average molecular weight is 211 g/mol. The fraction of sp³-hybridized carbons (Fsp3) is 0.125. The third-order valence-corrected chi connectivity index (χ3v) is 1.70. The maximum absolute atomic E-state index is 10.6. The van der Waals surface area contributed by atoms with Gasteiger partial charge < -0.3 is 9.84 Å². The SMILES string of the molecule is COc1c(Cl)cccc1C(=O)O.[NaH]. The van der Waals surface area contributed by atoms with E-state index in [1.54, 1.807) is 12.1 Å². The molecule has 0 saturated heterocycles. The summed E-state index contributed by atoms with van der Waals surface area (Å²) in [6, 6.07) is 4.58. The molecule has 1 aromatic rings. The number of rotatable bonds is 2. The minimum absolute atomic E-state index is 0. The molecular weight excluding hydrogens is 203 g/mol. The van der Waals surface area contributed by atoms with Crippen LogP contribution in [0.5, 0.6) is 5.75 Å². The van der Waals surface area contributed by atoms with Gasteiger partial charge in [-0.3, -0.25) is 0 Å². The topological polar surface area (TPSA) is 46.5 Å². The molecule has 0 aromatic heterocycles. The van der Waals surface area contributed by atoms with E-state index in [2.05, 4.69) is 0 Å². The zero-order valence-electron chi connectivity index (χ0n) is 6.37. The van der Waals surface area contributed by atoms with Crippen LogP contribution in [0, 0.1) is 0 Å². The first-order valence-corrected chi connectivity index (χ1v) is 3.60. The van der Waals surface area contributed by atoms with E-state index in [4.69, 9.17) is 21.4 Å². The van der Waals surface area contributed by atoms with Gasteiger partial charge in [0.2, 0.25) is 0 Å². The molecule has 0 aliphatic carbocycles. The molecule has 0 radical (unpaired) electrons. The van der Waals surface area contributed by atoms with Crippen LogP contribution in [0.1, 0.15) is 10.4 Å². The van der Waals surface area contributed by atoms with Crippen molar-refractivity contribution >= 4 is 47.1 Å². The Labute approximate surface area is 103 Å². The molecule has 0 bridgehead atoms. The number of halogens is 1. The van der Waals surface area contributed by atoms with Crippen molar-refractivity contribution < 1.29 is 14.6 Å². The number of hydrogen-bond donors (Lipinski definition) is 1. The Morgan fingerprint density at radius 1 is 1.54 bits per heavy atom. The molecule has 13 heavy (non-hydrogen) atoms. The van der Waals surface area contributed by atoms with Gasteiger partial charge in [0.15, 0.2) is 5.75 Å². The van der Waals surface area contributed by atoms with Crippen LogP contribution >= 0.6 is 11.6 Å². The number of carboxylic acid groups (broad SMARTS) is 1. The van der Waals surface area contributed by atoms with Crippen molar-refractivity contribution in [2.45, 2.75) is 0 Å². The third-order valence-electron chi connectivity index (χ3n) is 1.40. The van der Waals surface area contributed by atoms with Crippen LogP contribution in [-0.4, -0.2) is 47.7 Å². The first-order chi connectivity index (χ1) is 5.66. The van der Waals surface area contributed by atoms with Gasteiger partial charge in [-0.15, -0.1) is 0 Å². The number of hydrogen-bond acceptors (Lipinski definition) is 2. The van der Waals surface area contributed by atoms with Crippen molar-refractivity contribution in [3.63, 3.8) is 0 Å². The fourth-order valence-electron chi connectivity index (χ4n) is 0.885. The number of carbonyl (C=O) groups is 1. The molecule has 0 atom stereocenters. The molecule has 0 unspecified atom stereocenters. The number of para-hydroxylation sites is 1. The normalized spacial score (nSPS) is 8.77. The Balaban J connectivity index is 0.00000144. The zero-order valence-corrected chi connectivity index (χ0v) is 7.13. The molecule has 3 nitrogen and oxygen atoms in total. The molecule has 0 aliphatic heterocycles. The Morgan fingerprint density at radius 2 is 2.15 bits per heavy atom. The minimum atomic E-state index is -1.05. The van der Waals surface area contributed by atoms with Gasteiger partial charge >= 0.3 is 35.5 Å². The van der Waals surface area contributed by atoms with E-state index in [9.17, 15) is 4.79 Å². The van der Waals surface area contributed by atoms with E-state index >= 15 is 0 Å². The molecule has 0 heterocycles. The summed E-state index contributed by atoms with van der Waals surface area (Å²) in [6.45, 7) is 0. The van der Waals surface area contributed by atoms with Crippen LogP contribution in [0.15, 0.2) is 18.2 Å².